The summed E-state index contributed by atoms with van der Waals surface area (Å²) in [4.78, 5) is 0.262. The number of sulfonamides is 1. The number of nitrogens with one attached hydrogen (secondary N) is 2. The van der Waals surface area contributed by atoms with Gasteiger partial charge in [0.1, 0.15) is 0 Å². The van der Waals surface area contributed by atoms with Crippen LogP contribution in [0.3, 0.4) is 0 Å². The van der Waals surface area contributed by atoms with Crippen molar-refractivity contribution in [1.29, 1.82) is 0 Å². The maximum atomic E-state index is 13.1. The van der Waals surface area contributed by atoms with Crippen molar-refractivity contribution >= 4 is 37.7 Å². The van der Waals surface area contributed by atoms with Crippen molar-refractivity contribution in [1.82, 2.24) is 4.72 Å². The molecule has 0 unspecified atom stereocenters. The minimum Gasteiger partial charge on any atom is -0.377 e. The smallest absolute Gasteiger partial charge is 0.241 e. The number of aryl methyl sites for hydroxylation is 1. The molecule has 4 nitrogen and oxygen atoms in total. The molecule has 3 aromatic rings. The Morgan fingerprint density at radius 1 is 0.897 bits per heavy atom. The second kappa shape index (κ2) is 8.14. The summed E-state index contributed by atoms with van der Waals surface area (Å²) in [5.41, 5.74) is 3.89. The van der Waals surface area contributed by atoms with Crippen molar-refractivity contribution in [3.63, 3.8) is 0 Å². The van der Waals surface area contributed by atoms with Crippen molar-refractivity contribution in [3.8, 4) is 0 Å². The van der Waals surface area contributed by atoms with Crippen LogP contribution in [0.5, 0.6) is 0 Å². The molecular formula is C23H21BrN2O2S. The van der Waals surface area contributed by atoms with Crippen LogP contribution in [-0.4, -0.2) is 14.5 Å². The van der Waals surface area contributed by atoms with Crippen molar-refractivity contribution in [2.45, 2.75) is 23.9 Å². The normalized spacial score (nSPS) is 18.3. The zero-order valence-corrected chi connectivity index (χ0v) is 18.2. The fraction of sp³-hybridized carbons (Fsp3) is 0.130. The molecule has 2 N–H and O–H groups in total. The average Bonchev–Trinajstić information content (AvgIpc) is 2.71. The molecule has 1 aliphatic carbocycles. The monoisotopic (exact) mass is 468 g/mol. The predicted molar refractivity (Wildman–Crippen MR) is 121 cm³/mol. The van der Waals surface area contributed by atoms with Gasteiger partial charge >= 0.3 is 0 Å². The summed E-state index contributed by atoms with van der Waals surface area (Å²) in [7, 11) is -3.68. The van der Waals surface area contributed by atoms with E-state index in [4.69, 9.17) is 0 Å². The molecular weight excluding hydrogens is 448 g/mol. The largest absolute Gasteiger partial charge is 0.377 e. The van der Waals surface area contributed by atoms with Gasteiger partial charge in [-0.05, 0) is 54.4 Å². The number of hydrogen-bond acceptors (Lipinski definition) is 3. The van der Waals surface area contributed by atoms with Crippen molar-refractivity contribution in [2.75, 3.05) is 5.32 Å². The second-order valence-corrected chi connectivity index (χ2v) is 9.71. The van der Waals surface area contributed by atoms with Crippen LogP contribution >= 0.6 is 15.9 Å². The van der Waals surface area contributed by atoms with Gasteiger partial charge in [-0.1, -0.05) is 70.0 Å². The minimum atomic E-state index is -3.68. The average molecular weight is 469 g/mol. The Bertz CT molecular complexity index is 1140. The molecule has 4 rings (SSSR count). The predicted octanol–water partition coefficient (Wildman–Crippen LogP) is 5.28. The zero-order valence-electron chi connectivity index (χ0n) is 15.8. The fourth-order valence-electron chi connectivity index (χ4n) is 3.42. The van der Waals surface area contributed by atoms with E-state index in [9.17, 15) is 8.42 Å². The molecule has 0 saturated heterocycles. The maximum Gasteiger partial charge on any atom is 0.241 e. The number of rotatable bonds is 5. The Labute approximate surface area is 179 Å². The van der Waals surface area contributed by atoms with E-state index >= 15 is 0 Å². The molecule has 1 aliphatic rings. The highest BCUT2D eigenvalue weighted by molar-refractivity contribution is 9.10. The number of anilines is 1. The van der Waals surface area contributed by atoms with Crippen molar-refractivity contribution in [2.24, 2.45) is 0 Å². The molecule has 0 amide bonds. The lowest BCUT2D eigenvalue weighted by atomic mass is 9.90. The van der Waals surface area contributed by atoms with E-state index in [1.165, 1.54) is 0 Å². The summed E-state index contributed by atoms with van der Waals surface area (Å²) >= 11 is 3.44. The van der Waals surface area contributed by atoms with Gasteiger partial charge in [-0.3, -0.25) is 0 Å². The summed E-state index contributed by atoms with van der Waals surface area (Å²) in [6, 6.07) is 21.9. The molecule has 29 heavy (non-hydrogen) atoms. The van der Waals surface area contributed by atoms with Gasteiger partial charge in [-0.15, -0.1) is 0 Å². The van der Waals surface area contributed by atoms with E-state index in [2.05, 4.69) is 26.0 Å². The molecule has 3 aromatic carbocycles. The first-order chi connectivity index (χ1) is 13.9. The fourth-order valence-corrected chi connectivity index (χ4v) is 4.92. The molecule has 0 aliphatic heterocycles. The first-order valence-corrected chi connectivity index (χ1v) is 11.6. The second-order valence-electron chi connectivity index (χ2n) is 7.08. The molecule has 0 radical (unpaired) electrons. The van der Waals surface area contributed by atoms with Crippen LogP contribution in [0, 0.1) is 6.92 Å². The van der Waals surface area contributed by atoms with Crippen LogP contribution in [0.25, 0.3) is 6.08 Å². The Kier molecular flexibility index (Phi) is 5.58. The summed E-state index contributed by atoms with van der Waals surface area (Å²) in [5.74, 6) is 0. The Balaban J connectivity index is 1.68. The summed E-state index contributed by atoms with van der Waals surface area (Å²) in [6.45, 7) is 1.93. The molecule has 0 heterocycles. The Morgan fingerprint density at radius 3 is 2.31 bits per heavy atom. The van der Waals surface area contributed by atoms with Crippen molar-refractivity contribution < 1.29 is 8.42 Å². The molecule has 6 heteroatoms. The lowest BCUT2D eigenvalue weighted by Crippen LogP contribution is -2.40. The molecule has 148 valence electrons. The van der Waals surface area contributed by atoms with Crippen molar-refractivity contribution in [3.05, 3.63) is 100 Å². The summed E-state index contributed by atoms with van der Waals surface area (Å²) in [5, 5.41) is 3.45. The third-order valence-electron chi connectivity index (χ3n) is 4.96. The first kappa shape index (κ1) is 19.9. The van der Waals surface area contributed by atoms with E-state index in [1.54, 1.807) is 24.3 Å². The van der Waals surface area contributed by atoms with Gasteiger partial charge in [0, 0.05) is 10.2 Å². The minimum absolute atomic E-state index is 0.230. The number of hydrogen-bond donors (Lipinski definition) is 2. The van der Waals surface area contributed by atoms with Gasteiger partial charge in [-0.25, -0.2) is 13.1 Å². The third kappa shape index (κ3) is 4.45. The Hall–Kier alpha value is -2.41. The lowest BCUT2D eigenvalue weighted by Gasteiger charge is -2.31. The van der Waals surface area contributed by atoms with Crippen LogP contribution in [0.4, 0.5) is 5.69 Å². The number of halogens is 1. The van der Waals surface area contributed by atoms with E-state index in [0.717, 1.165) is 26.9 Å². The standard InChI is InChI=1S/C23H21BrN2O2S/c1-16-6-13-20(14-7-16)29(27,28)26-23-21-5-3-2-4-17(21)8-15-22(23)25-19-11-9-18(24)10-12-19/h2-15,22-23,25-26H,1H3/t22-,23-/m1/s1. The summed E-state index contributed by atoms with van der Waals surface area (Å²) in [6.07, 6.45) is 4.04. The molecule has 0 bridgehead atoms. The molecule has 2 atom stereocenters. The van der Waals surface area contributed by atoms with Crippen LogP contribution in [0.15, 0.2) is 88.2 Å². The Morgan fingerprint density at radius 2 is 1.59 bits per heavy atom. The molecule has 0 saturated carbocycles. The lowest BCUT2D eigenvalue weighted by molar-refractivity contribution is 0.541. The quantitative estimate of drug-likeness (QED) is 0.534. The van der Waals surface area contributed by atoms with Gasteiger partial charge in [0.25, 0.3) is 0 Å². The SMILES string of the molecule is Cc1ccc(S(=O)(=O)N[C@@H]2c3ccccc3C=C[C@H]2Nc2ccc(Br)cc2)cc1. The first-order valence-electron chi connectivity index (χ1n) is 9.31. The van der Waals surface area contributed by atoms with E-state index in [-0.39, 0.29) is 10.9 Å². The topological polar surface area (TPSA) is 58.2 Å². The highest BCUT2D eigenvalue weighted by Crippen LogP contribution is 2.31. The zero-order chi connectivity index (χ0) is 20.4. The number of benzene rings is 3. The molecule has 0 spiro atoms. The molecule has 0 aromatic heterocycles. The summed E-state index contributed by atoms with van der Waals surface area (Å²) < 4.78 is 30.1. The third-order valence-corrected chi connectivity index (χ3v) is 6.95. The van der Waals surface area contributed by atoms with Gasteiger partial charge in [0.15, 0.2) is 0 Å². The van der Waals surface area contributed by atoms with Gasteiger partial charge < -0.3 is 5.32 Å². The van der Waals surface area contributed by atoms with Crippen LogP contribution in [0.2, 0.25) is 0 Å². The van der Waals surface area contributed by atoms with Gasteiger partial charge in [-0.2, -0.15) is 0 Å². The van der Waals surface area contributed by atoms with E-state index < -0.39 is 16.1 Å². The number of fused-ring (bicyclic) bond motifs is 1. The van der Waals surface area contributed by atoms with Gasteiger partial charge in [0.2, 0.25) is 10.0 Å². The highest BCUT2D eigenvalue weighted by atomic mass is 79.9. The van der Waals surface area contributed by atoms with Crippen LogP contribution in [0.1, 0.15) is 22.7 Å². The van der Waals surface area contributed by atoms with Gasteiger partial charge in [0.05, 0.1) is 17.0 Å². The van der Waals surface area contributed by atoms with E-state index in [1.807, 2.05) is 67.6 Å². The van der Waals surface area contributed by atoms with E-state index in [0.29, 0.717) is 0 Å². The highest BCUT2D eigenvalue weighted by Gasteiger charge is 2.30. The molecule has 0 fully saturated rings. The van der Waals surface area contributed by atoms with Crippen LogP contribution < -0.4 is 10.0 Å². The van der Waals surface area contributed by atoms with Crippen LogP contribution in [-0.2, 0) is 10.0 Å². The maximum absolute atomic E-state index is 13.1.